The van der Waals surface area contributed by atoms with Gasteiger partial charge in [0.15, 0.2) is 6.61 Å². The van der Waals surface area contributed by atoms with Crippen molar-refractivity contribution in [3.05, 3.63) is 52.2 Å². The molecule has 3 rings (SSSR count). The summed E-state index contributed by atoms with van der Waals surface area (Å²) in [7, 11) is 0. The average Bonchev–Trinajstić information content (AvgIpc) is 3.42. The average molecular weight is 444 g/mol. The molecule has 1 aromatic heterocycles. The summed E-state index contributed by atoms with van der Waals surface area (Å²) in [4.78, 5) is 50.8. The summed E-state index contributed by atoms with van der Waals surface area (Å²) in [5.74, 6) is -2.17. The van der Waals surface area contributed by atoms with Gasteiger partial charge < -0.3 is 15.0 Å². The molecule has 0 spiro atoms. The SMILES string of the molecule is CCc1ccc(N2CC(C(=O)OCC(=O)NC(=O)NCCc3cccs3)CC2=O)cc1. The fourth-order valence-corrected chi connectivity index (χ4v) is 3.95. The number of carbonyl (C=O) groups excluding carboxylic acids is 4. The Balaban J connectivity index is 1.39. The molecule has 31 heavy (non-hydrogen) atoms. The smallest absolute Gasteiger partial charge is 0.321 e. The lowest BCUT2D eigenvalue weighted by Gasteiger charge is -2.17. The van der Waals surface area contributed by atoms with Crippen LogP contribution in [0.1, 0.15) is 23.8 Å². The molecular weight excluding hydrogens is 418 g/mol. The van der Waals surface area contributed by atoms with Crippen molar-refractivity contribution in [1.82, 2.24) is 10.6 Å². The summed E-state index contributed by atoms with van der Waals surface area (Å²) in [5, 5.41) is 6.65. The van der Waals surface area contributed by atoms with Crippen LogP contribution in [0.3, 0.4) is 0 Å². The van der Waals surface area contributed by atoms with Crippen molar-refractivity contribution in [1.29, 1.82) is 0 Å². The second kappa shape index (κ2) is 10.7. The molecule has 2 heterocycles. The summed E-state index contributed by atoms with van der Waals surface area (Å²) in [5.41, 5.74) is 1.89. The zero-order chi connectivity index (χ0) is 22.2. The first-order valence-corrected chi connectivity index (χ1v) is 11.0. The molecule has 2 N–H and O–H groups in total. The highest BCUT2D eigenvalue weighted by molar-refractivity contribution is 7.09. The van der Waals surface area contributed by atoms with E-state index in [1.165, 1.54) is 0 Å². The number of imide groups is 1. The van der Waals surface area contributed by atoms with Crippen LogP contribution < -0.4 is 15.5 Å². The largest absolute Gasteiger partial charge is 0.455 e. The predicted molar refractivity (Wildman–Crippen MR) is 117 cm³/mol. The van der Waals surface area contributed by atoms with Crippen molar-refractivity contribution < 1.29 is 23.9 Å². The highest BCUT2D eigenvalue weighted by Gasteiger charge is 2.36. The van der Waals surface area contributed by atoms with Crippen molar-refractivity contribution in [3.8, 4) is 0 Å². The highest BCUT2D eigenvalue weighted by Crippen LogP contribution is 2.26. The first-order chi connectivity index (χ1) is 15.0. The molecule has 1 fully saturated rings. The topological polar surface area (TPSA) is 105 Å². The molecule has 1 aliphatic heterocycles. The lowest BCUT2D eigenvalue weighted by atomic mass is 10.1. The van der Waals surface area contributed by atoms with Gasteiger partial charge in [-0.05, 0) is 42.0 Å². The zero-order valence-corrected chi connectivity index (χ0v) is 18.1. The van der Waals surface area contributed by atoms with Crippen LogP contribution in [0.15, 0.2) is 41.8 Å². The molecule has 0 bridgehead atoms. The number of carbonyl (C=O) groups is 4. The van der Waals surface area contributed by atoms with Gasteiger partial charge in [0, 0.05) is 30.1 Å². The zero-order valence-electron chi connectivity index (χ0n) is 17.3. The van der Waals surface area contributed by atoms with E-state index in [9.17, 15) is 19.2 Å². The van der Waals surface area contributed by atoms with Gasteiger partial charge in [-0.2, -0.15) is 0 Å². The minimum Gasteiger partial charge on any atom is -0.455 e. The summed E-state index contributed by atoms with van der Waals surface area (Å²) in [6.07, 6.45) is 1.60. The van der Waals surface area contributed by atoms with E-state index in [4.69, 9.17) is 4.74 Å². The molecule has 9 heteroatoms. The van der Waals surface area contributed by atoms with E-state index in [2.05, 4.69) is 10.6 Å². The number of amides is 4. The molecule has 1 aliphatic rings. The molecule has 0 radical (unpaired) electrons. The lowest BCUT2D eigenvalue weighted by Crippen LogP contribution is -2.42. The summed E-state index contributed by atoms with van der Waals surface area (Å²) < 4.78 is 5.01. The van der Waals surface area contributed by atoms with E-state index < -0.39 is 30.4 Å². The molecule has 1 atom stereocenters. The fraction of sp³-hybridized carbons (Fsp3) is 0.364. The van der Waals surface area contributed by atoms with Gasteiger partial charge in [-0.15, -0.1) is 11.3 Å². The second-order valence-electron chi connectivity index (χ2n) is 7.17. The van der Waals surface area contributed by atoms with E-state index in [1.807, 2.05) is 48.7 Å². The van der Waals surface area contributed by atoms with Gasteiger partial charge in [-0.25, -0.2) is 4.79 Å². The number of hydrogen-bond acceptors (Lipinski definition) is 6. The summed E-state index contributed by atoms with van der Waals surface area (Å²) in [6, 6.07) is 10.9. The number of ether oxygens (including phenoxy) is 1. The Labute approximate surface area is 184 Å². The molecular formula is C22H25N3O5S. The quantitative estimate of drug-likeness (QED) is 0.609. The number of anilines is 1. The van der Waals surface area contributed by atoms with E-state index in [-0.39, 0.29) is 18.9 Å². The maximum atomic E-state index is 12.3. The van der Waals surface area contributed by atoms with Gasteiger partial charge in [0.2, 0.25) is 5.91 Å². The summed E-state index contributed by atoms with van der Waals surface area (Å²) in [6.45, 7) is 2.06. The first-order valence-electron chi connectivity index (χ1n) is 10.1. The molecule has 2 aromatic rings. The Kier molecular flexibility index (Phi) is 7.77. The number of rotatable bonds is 8. The van der Waals surface area contributed by atoms with Crippen LogP contribution in [0, 0.1) is 5.92 Å². The van der Waals surface area contributed by atoms with Gasteiger partial charge in [0.1, 0.15) is 0 Å². The maximum absolute atomic E-state index is 12.3. The maximum Gasteiger partial charge on any atom is 0.321 e. The van der Waals surface area contributed by atoms with Crippen LogP contribution in [-0.2, 0) is 32.0 Å². The third-order valence-electron chi connectivity index (χ3n) is 4.95. The van der Waals surface area contributed by atoms with Gasteiger partial charge in [0.25, 0.3) is 5.91 Å². The monoisotopic (exact) mass is 443 g/mol. The van der Waals surface area contributed by atoms with Crippen LogP contribution in [0.2, 0.25) is 0 Å². The van der Waals surface area contributed by atoms with Crippen LogP contribution in [-0.4, -0.2) is 43.5 Å². The van der Waals surface area contributed by atoms with Gasteiger partial charge >= 0.3 is 12.0 Å². The molecule has 0 aliphatic carbocycles. The van der Waals surface area contributed by atoms with Gasteiger partial charge in [0.05, 0.1) is 5.92 Å². The third kappa shape index (κ3) is 6.39. The molecule has 8 nitrogen and oxygen atoms in total. The Morgan fingerprint density at radius 2 is 1.97 bits per heavy atom. The van der Waals surface area contributed by atoms with Crippen molar-refractivity contribution in [2.75, 3.05) is 24.6 Å². The summed E-state index contributed by atoms with van der Waals surface area (Å²) >= 11 is 1.59. The van der Waals surface area contributed by atoms with Gasteiger partial charge in [-0.1, -0.05) is 25.1 Å². The number of thiophene rings is 1. The molecule has 1 aromatic carbocycles. The van der Waals surface area contributed by atoms with Crippen LogP contribution in [0.4, 0.5) is 10.5 Å². The number of aryl methyl sites for hydroxylation is 1. The Morgan fingerprint density at radius 3 is 2.65 bits per heavy atom. The van der Waals surface area contributed by atoms with Crippen LogP contribution in [0.25, 0.3) is 0 Å². The van der Waals surface area contributed by atoms with Crippen molar-refractivity contribution in [2.24, 2.45) is 5.92 Å². The Bertz CT molecular complexity index is 927. The predicted octanol–water partition coefficient (Wildman–Crippen LogP) is 2.28. The van der Waals surface area contributed by atoms with E-state index in [1.54, 1.807) is 16.2 Å². The molecule has 164 valence electrons. The Morgan fingerprint density at radius 1 is 1.19 bits per heavy atom. The Hall–Kier alpha value is -3.20. The van der Waals surface area contributed by atoms with E-state index in [0.29, 0.717) is 13.0 Å². The van der Waals surface area contributed by atoms with Crippen molar-refractivity contribution in [2.45, 2.75) is 26.2 Å². The standard InChI is InChI=1S/C22H25N3O5S/c1-2-15-5-7-17(8-6-15)25-13-16(12-20(25)27)21(28)30-14-19(26)24-22(29)23-10-9-18-4-3-11-31-18/h3-8,11,16H,2,9-10,12-14H2,1H3,(H2,23,24,26,29). The first kappa shape index (κ1) is 22.5. The molecule has 1 unspecified atom stereocenters. The van der Waals surface area contributed by atoms with Crippen LogP contribution >= 0.6 is 11.3 Å². The number of nitrogens with one attached hydrogen (secondary N) is 2. The lowest BCUT2D eigenvalue weighted by molar-refractivity contribution is -0.152. The molecule has 0 saturated carbocycles. The van der Waals surface area contributed by atoms with Gasteiger partial charge in [-0.3, -0.25) is 19.7 Å². The molecule has 4 amide bonds. The third-order valence-corrected chi connectivity index (χ3v) is 5.89. The second-order valence-corrected chi connectivity index (χ2v) is 8.20. The minimum absolute atomic E-state index is 0.0270. The number of hydrogen-bond donors (Lipinski definition) is 2. The minimum atomic E-state index is -0.724. The van der Waals surface area contributed by atoms with Crippen LogP contribution in [0.5, 0.6) is 0 Å². The van der Waals surface area contributed by atoms with E-state index in [0.717, 1.165) is 22.5 Å². The normalized spacial score (nSPS) is 15.6. The molecule has 1 saturated heterocycles. The number of nitrogens with zero attached hydrogens (tertiary/aromatic N) is 1. The van der Waals surface area contributed by atoms with Crippen molar-refractivity contribution >= 4 is 40.8 Å². The highest BCUT2D eigenvalue weighted by atomic mass is 32.1. The van der Waals surface area contributed by atoms with E-state index >= 15 is 0 Å². The van der Waals surface area contributed by atoms with Crippen molar-refractivity contribution in [3.63, 3.8) is 0 Å². The number of benzene rings is 1. The number of urea groups is 1. The number of esters is 1. The fourth-order valence-electron chi connectivity index (χ4n) is 3.24.